The summed E-state index contributed by atoms with van der Waals surface area (Å²) in [4.78, 5) is 18.4. The van der Waals surface area contributed by atoms with Gasteiger partial charge in [-0.05, 0) is 19.1 Å². The minimum Gasteiger partial charge on any atom is -0.339 e. The molecule has 2 heterocycles. The van der Waals surface area contributed by atoms with E-state index in [1.165, 1.54) is 0 Å². The number of carbonyl (C=O) groups is 1. The van der Waals surface area contributed by atoms with Crippen LogP contribution in [-0.4, -0.2) is 51.7 Å². The molecular weight excluding hydrogens is 288 g/mol. The molecule has 1 fully saturated rings. The monoisotopic (exact) mass is 312 g/mol. The number of thioether (sulfide) groups is 1. The predicted molar refractivity (Wildman–Crippen MR) is 83.6 cm³/mol. The van der Waals surface area contributed by atoms with E-state index >= 15 is 0 Å². The van der Waals surface area contributed by atoms with Crippen molar-refractivity contribution in [1.29, 1.82) is 0 Å². The van der Waals surface area contributed by atoms with Gasteiger partial charge in [-0.3, -0.25) is 0 Å². The van der Waals surface area contributed by atoms with E-state index in [2.05, 4.69) is 22.4 Å². The molecule has 118 valence electrons. The molecule has 21 heavy (non-hydrogen) atoms. The summed E-state index contributed by atoms with van der Waals surface area (Å²) in [6, 6.07) is 0.310. The largest absolute Gasteiger partial charge is 0.339 e. The van der Waals surface area contributed by atoms with Crippen LogP contribution in [0.25, 0.3) is 0 Å². The molecule has 0 saturated carbocycles. The third kappa shape index (κ3) is 4.62. The van der Waals surface area contributed by atoms with E-state index in [1.807, 2.05) is 30.5 Å². The molecule has 1 aliphatic rings. The Hall–Kier alpha value is -1.24. The van der Waals surface area contributed by atoms with Crippen LogP contribution in [0.3, 0.4) is 0 Å². The van der Waals surface area contributed by atoms with Crippen LogP contribution in [0.4, 0.5) is 4.79 Å². The van der Waals surface area contributed by atoms with Gasteiger partial charge in [-0.15, -0.1) is 0 Å². The van der Waals surface area contributed by atoms with Gasteiger partial charge in [0.2, 0.25) is 5.89 Å². The van der Waals surface area contributed by atoms with Crippen molar-refractivity contribution in [1.82, 2.24) is 20.4 Å². The molecule has 0 radical (unpaired) electrons. The Morgan fingerprint density at radius 2 is 2.33 bits per heavy atom. The third-order valence-electron chi connectivity index (χ3n) is 3.56. The van der Waals surface area contributed by atoms with E-state index in [-0.39, 0.29) is 11.9 Å². The zero-order valence-corrected chi connectivity index (χ0v) is 13.8. The van der Waals surface area contributed by atoms with Gasteiger partial charge in [-0.1, -0.05) is 19.0 Å². The maximum absolute atomic E-state index is 12.2. The molecule has 0 bridgehead atoms. The van der Waals surface area contributed by atoms with Crippen LogP contribution in [0.15, 0.2) is 4.52 Å². The number of rotatable bonds is 4. The highest BCUT2D eigenvalue weighted by Crippen LogP contribution is 2.16. The second-order valence-corrected chi connectivity index (χ2v) is 6.85. The van der Waals surface area contributed by atoms with E-state index in [0.29, 0.717) is 24.9 Å². The summed E-state index contributed by atoms with van der Waals surface area (Å²) in [5, 5.41) is 6.86. The number of nitrogens with one attached hydrogen (secondary N) is 1. The fraction of sp³-hybridized carbons (Fsp3) is 0.786. The molecule has 2 rings (SSSR count). The highest BCUT2D eigenvalue weighted by Gasteiger charge is 2.21. The summed E-state index contributed by atoms with van der Waals surface area (Å²) in [5.41, 5.74) is 0. The molecule has 2 amide bonds. The zero-order valence-electron chi connectivity index (χ0n) is 13.0. The Morgan fingerprint density at radius 3 is 3.05 bits per heavy atom. The standard InChI is InChI=1S/C14H24N4O2S/c1-10(2)13-16-12(20-17-13)4-6-15-14(19)18-7-9-21-8-5-11(18)3/h10-11H,4-9H2,1-3H3,(H,15,19)/t11-/m1/s1. The van der Waals surface area contributed by atoms with Gasteiger partial charge in [0.1, 0.15) is 0 Å². The van der Waals surface area contributed by atoms with Crippen LogP contribution in [0.2, 0.25) is 0 Å². The van der Waals surface area contributed by atoms with Gasteiger partial charge in [-0.25, -0.2) is 4.79 Å². The number of aromatic nitrogens is 2. The van der Waals surface area contributed by atoms with Gasteiger partial charge in [0, 0.05) is 37.2 Å². The Labute approximate surface area is 130 Å². The highest BCUT2D eigenvalue weighted by atomic mass is 32.2. The second kappa shape index (κ2) is 7.68. The van der Waals surface area contributed by atoms with Crippen LogP contribution in [0.1, 0.15) is 44.8 Å². The molecule has 7 heteroatoms. The fourth-order valence-electron chi connectivity index (χ4n) is 2.18. The van der Waals surface area contributed by atoms with Gasteiger partial charge >= 0.3 is 6.03 Å². The molecule has 1 saturated heterocycles. The van der Waals surface area contributed by atoms with Crippen LogP contribution in [-0.2, 0) is 6.42 Å². The van der Waals surface area contributed by atoms with Crippen LogP contribution < -0.4 is 5.32 Å². The molecule has 6 nitrogen and oxygen atoms in total. The average Bonchev–Trinajstić information content (AvgIpc) is 2.81. The van der Waals surface area contributed by atoms with Crippen LogP contribution >= 0.6 is 11.8 Å². The fourth-order valence-corrected chi connectivity index (χ4v) is 3.22. The van der Waals surface area contributed by atoms with Crippen molar-refractivity contribution in [2.75, 3.05) is 24.6 Å². The first-order valence-electron chi connectivity index (χ1n) is 7.52. The lowest BCUT2D eigenvalue weighted by molar-refractivity contribution is 0.183. The Bertz CT molecular complexity index is 464. The van der Waals surface area contributed by atoms with Crippen molar-refractivity contribution in [2.45, 2.75) is 45.6 Å². The molecule has 1 atom stereocenters. The zero-order chi connectivity index (χ0) is 15.2. The Kier molecular flexibility index (Phi) is 5.90. The first kappa shape index (κ1) is 16.1. The lowest BCUT2D eigenvalue weighted by Gasteiger charge is -2.26. The topological polar surface area (TPSA) is 71.3 Å². The Morgan fingerprint density at radius 1 is 1.52 bits per heavy atom. The first-order valence-corrected chi connectivity index (χ1v) is 8.68. The van der Waals surface area contributed by atoms with E-state index in [1.54, 1.807) is 0 Å². The van der Waals surface area contributed by atoms with E-state index < -0.39 is 0 Å². The minimum atomic E-state index is 0.00796. The smallest absolute Gasteiger partial charge is 0.317 e. The lowest BCUT2D eigenvalue weighted by Crippen LogP contribution is -2.46. The summed E-state index contributed by atoms with van der Waals surface area (Å²) in [6.07, 6.45) is 1.63. The summed E-state index contributed by atoms with van der Waals surface area (Å²) in [6.45, 7) is 7.49. The lowest BCUT2D eigenvalue weighted by atomic mass is 10.2. The molecular formula is C14H24N4O2S. The van der Waals surface area contributed by atoms with Gasteiger partial charge < -0.3 is 14.7 Å². The summed E-state index contributed by atoms with van der Waals surface area (Å²) < 4.78 is 5.17. The van der Waals surface area contributed by atoms with Crippen molar-refractivity contribution >= 4 is 17.8 Å². The quantitative estimate of drug-likeness (QED) is 0.923. The number of carbonyl (C=O) groups excluding carboxylic acids is 1. The maximum Gasteiger partial charge on any atom is 0.317 e. The minimum absolute atomic E-state index is 0.00796. The molecule has 1 aromatic heterocycles. The normalized spacial score (nSPS) is 19.6. The number of hydrogen-bond donors (Lipinski definition) is 1. The molecule has 0 aromatic carbocycles. The number of amides is 2. The molecule has 0 aliphatic carbocycles. The van der Waals surface area contributed by atoms with Crippen LogP contribution in [0.5, 0.6) is 0 Å². The number of urea groups is 1. The van der Waals surface area contributed by atoms with Gasteiger partial charge in [0.25, 0.3) is 0 Å². The molecule has 1 N–H and O–H groups in total. The summed E-state index contributed by atoms with van der Waals surface area (Å²) in [7, 11) is 0. The predicted octanol–water partition coefficient (Wildman–Crippen LogP) is 2.27. The van der Waals surface area contributed by atoms with Crippen molar-refractivity contribution in [2.24, 2.45) is 0 Å². The third-order valence-corrected chi connectivity index (χ3v) is 4.56. The molecule has 0 unspecified atom stereocenters. The maximum atomic E-state index is 12.2. The van der Waals surface area contributed by atoms with E-state index in [9.17, 15) is 4.79 Å². The van der Waals surface area contributed by atoms with Gasteiger partial charge in [-0.2, -0.15) is 16.7 Å². The highest BCUT2D eigenvalue weighted by molar-refractivity contribution is 7.99. The van der Waals surface area contributed by atoms with Crippen molar-refractivity contribution in [3.05, 3.63) is 11.7 Å². The first-order chi connectivity index (χ1) is 10.1. The summed E-state index contributed by atoms with van der Waals surface area (Å²) >= 11 is 1.91. The number of hydrogen-bond acceptors (Lipinski definition) is 5. The van der Waals surface area contributed by atoms with E-state index in [0.717, 1.165) is 30.3 Å². The van der Waals surface area contributed by atoms with Gasteiger partial charge in [0.15, 0.2) is 5.82 Å². The van der Waals surface area contributed by atoms with Crippen molar-refractivity contribution in [3.8, 4) is 0 Å². The molecule has 0 spiro atoms. The average molecular weight is 312 g/mol. The number of nitrogens with zero attached hydrogens (tertiary/aromatic N) is 3. The van der Waals surface area contributed by atoms with Gasteiger partial charge in [0.05, 0.1) is 0 Å². The SMILES string of the molecule is CC(C)c1noc(CCNC(=O)N2CCSCC[C@H]2C)n1. The van der Waals surface area contributed by atoms with Crippen LogP contribution in [0, 0.1) is 0 Å². The molecule has 1 aromatic rings. The molecule has 1 aliphatic heterocycles. The Balaban J connectivity index is 1.77. The van der Waals surface area contributed by atoms with E-state index in [4.69, 9.17) is 4.52 Å². The second-order valence-electron chi connectivity index (χ2n) is 5.63. The van der Waals surface area contributed by atoms with Crippen molar-refractivity contribution in [3.63, 3.8) is 0 Å². The van der Waals surface area contributed by atoms with Crippen molar-refractivity contribution < 1.29 is 9.32 Å². The summed E-state index contributed by atoms with van der Waals surface area (Å²) in [5.74, 6) is 3.70.